The third-order valence-corrected chi connectivity index (χ3v) is 6.31. The van der Waals surface area contributed by atoms with Gasteiger partial charge in [0.15, 0.2) is 0 Å². The fraction of sp³-hybridized carbons (Fsp3) is 0.348. The molecular formula is C23H25N3O6S. The Balaban J connectivity index is 1.67. The predicted molar refractivity (Wildman–Crippen MR) is 124 cm³/mol. The molecule has 0 aliphatic heterocycles. The van der Waals surface area contributed by atoms with E-state index in [1.54, 1.807) is 31.2 Å². The Kier molecular flexibility index (Phi) is 7.94. The summed E-state index contributed by atoms with van der Waals surface area (Å²) in [4.78, 5) is 49.6. The van der Waals surface area contributed by atoms with E-state index in [1.165, 1.54) is 24.7 Å². The predicted octanol–water partition coefficient (Wildman–Crippen LogP) is 2.93. The molecule has 0 saturated carbocycles. The Morgan fingerprint density at radius 3 is 2.55 bits per heavy atom. The minimum Gasteiger partial charge on any atom is -0.465 e. The maximum atomic E-state index is 12.5. The van der Waals surface area contributed by atoms with E-state index in [0.717, 1.165) is 29.7 Å². The number of thiophene rings is 1. The number of fused-ring (bicyclic) bond motifs is 1. The average molecular weight is 472 g/mol. The van der Waals surface area contributed by atoms with Gasteiger partial charge in [-0.2, -0.15) is 5.10 Å². The molecule has 1 aliphatic rings. The fourth-order valence-corrected chi connectivity index (χ4v) is 4.85. The maximum Gasteiger partial charge on any atom is 0.341 e. The molecule has 9 nitrogen and oxygen atoms in total. The monoisotopic (exact) mass is 471 g/mol. The highest BCUT2D eigenvalue weighted by molar-refractivity contribution is 7.17. The van der Waals surface area contributed by atoms with Gasteiger partial charge in [-0.3, -0.25) is 9.59 Å². The number of amides is 2. The number of hydrazone groups is 1. The lowest BCUT2D eigenvalue weighted by molar-refractivity contribution is -0.136. The molecule has 0 saturated heterocycles. The van der Waals surface area contributed by atoms with E-state index in [0.29, 0.717) is 27.6 Å². The van der Waals surface area contributed by atoms with Crippen LogP contribution in [0.5, 0.6) is 0 Å². The SMILES string of the molecule is CCOC(=O)c1c(NC(=O)C(=O)N/N=C/c2ccc(C(=O)OC)cc2)sc2c1CCC(C)C2. The van der Waals surface area contributed by atoms with E-state index < -0.39 is 23.8 Å². The Labute approximate surface area is 195 Å². The maximum absolute atomic E-state index is 12.5. The van der Waals surface area contributed by atoms with Crippen LogP contribution in [0.2, 0.25) is 0 Å². The van der Waals surface area contributed by atoms with Crippen molar-refractivity contribution in [3.63, 3.8) is 0 Å². The highest BCUT2D eigenvalue weighted by atomic mass is 32.1. The minimum atomic E-state index is -0.980. The molecule has 0 fully saturated rings. The normalized spacial score (nSPS) is 14.9. The van der Waals surface area contributed by atoms with Gasteiger partial charge in [0.25, 0.3) is 0 Å². The largest absolute Gasteiger partial charge is 0.465 e. The van der Waals surface area contributed by atoms with Crippen LogP contribution in [0, 0.1) is 5.92 Å². The Morgan fingerprint density at radius 2 is 1.88 bits per heavy atom. The highest BCUT2D eigenvalue weighted by Crippen LogP contribution is 2.40. The van der Waals surface area contributed by atoms with Crippen LogP contribution in [0.25, 0.3) is 0 Å². The molecular weight excluding hydrogens is 446 g/mol. The van der Waals surface area contributed by atoms with Crippen molar-refractivity contribution in [1.29, 1.82) is 0 Å². The molecule has 1 aromatic carbocycles. The third-order valence-electron chi connectivity index (χ3n) is 5.14. The van der Waals surface area contributed by atoms with Crippen molar-refractivity contribution in [3.05, 3.63) is 51.4 Å². The van der Waals surface area contributed by atoms with Crippen molar-refractivity contribution in [2.75, 3.05) is 19.0 Å². The molecule has 174 valence electrons. The van der Waals surface area contributed by atoms with E-state index >= 15 is 0 Å². The number of nitrogens with one attached hydrogen (secondary N) is 2. The van der Waals surface area contributed by atoms with Crippen LogP contribution >= 0.6 is 11.3 Å². The summed E-state index contributed by atoms with van der Waals surface area (Å²) in [5.41, 5.74) is 4.36. The molecule has 2 N–H and O–H groups in total. The molecule has 33 heavy (non-hydrogen) atoms. The number of nitrogens with zero attached hydrogens (tertiary/aromatic N) is 1. The van der Waals surface area contributed by atoms with Crippen LogP contribution in [-0.4, -0.2) is 43.7 Å². The number of esters is 2. The first kappa shape index (κ1) is 24.1. The molecule has 1 aromatic heterocycles. The Morgan fingerprint density at radius 1 is 1.15 bits per heavy atom. The first-order valence-corrected chi connectivity index (χ1v) is 11.3. The summed E-state index contributed by atoms with van der Waals surface area (Å²) < 4.78 is 9.80. The van der Waals surface area contributed by atoms with Gasteiger partial charge in [-0.1, -0.05) is 19.1 Å². The number of hydrogen-bond donors (Lipinski definition) is 2. The average Bonchev–Trinajstić information content (AvgIpc) is 3.15. The third kappa shape index (κ3) is 5.83. The molecule has 2 amide bonds. The minimum absolute atomic E-state index is 0.211. The highest BCUT2D eigenvalue weighted by Gasteiger charge is 2.30. The zero-order chi connectivity index (χ0) is 24.0. The second kappa shape index (κ2) is 10.9. The van der Waals surface area contributed by atoms with Gasteiger partial charge in [-0.15, -0.1) is 11.3 Å². The number of carbonyl (C=O) groups excluding carboxylic acids is 4. The lowest BCUT2D eigenvalue weighted by atomic mass is 9.88. The molecule has 1 atom stereocenters. The molecule has 1 heterocycles. The number of anilines is 1. The summed E-state index contributed by atoms with van der Waals surface area (Å²) >= 11 is 1.30. The fourth-order valence-electron chi connectivity index (χ4n) is 3.46. The van der Waals surface area contributed by atoms with Gasteiger partial charge in [0.05, 0.1) is 31.1 Å². The van der Waals surface area contributed by atoms with Gasteiger partial charge in [-0.25, -0.2) is 15.0 Å². The molecule has 10 heteroatoms. The van der Waals surface area contributed by atoms with Gasteiger partial charge in [-0.05, 0) is 55.4 Å². The first-order valence-electron chi connectivity index (χ1n) is 10.5. The second-order valence-electron chi connectivity index (χ2n) is 7.54. The zero-order valence-electron chi connectivity index (χ0n) is 18.6. The van der Waals surface area contributed by atoms with Crippen LogP contribution in [0.1, 0.15) is 57.0 Å². The van der Waals surface area contributed by atoms with Crippen LogP contribution in [0.15, 0.2) is 29.4 Å². The van der Waals surface area contributed by atoms with Crippen molar-refractivity contribution in [2.24, 2.45) is 11.0 Å². The smallest absolute Gasteiger partial charge is 0.341 e. The van der Waals surface area contributed by atoms with Crippen LogP contribution in [-0.2, 0) is 31.9 Å². The Bertz CT molecular complexity index is 1090. The molecule has 0 spiro atoms. The lowest BCUT2D eigenvalue weighted by Gasteiger charge is -2.18. The summed E-state index contributed by atoms with van der Waals surface area (Å²) in [5.74, 6) is -2.41. The van der Waals surface area contributed by atoms with Crippen molar-refractivity contribution in [3.8, 4) is 0 Å². The Hall–Kier alpha value is -3.53. The van der Waals surface area contributed by atoms with Crippen molar-refractivity contribution in [1.82, 2.24) is 5.43 Å². The molecule has 1 unspecified atom stereocenters. The number of ether oxygens (including phenoxy) is 2. The van der Waals surface area contributed by atoms with Gasteiger partial charge in [0.2, 0.25) is 0 Å². The first-order chi connectivity index (χ1) is 15.8. The van der Waals surface area contributed by atoms with Gasteiger partial charge in [0, 0.05) is 4.88 Å². The van der Waals surface area contributed by atoms with Crippen LogP contribution < -0.4 is 10.7 Å². The molecule has 1 aliphatic carbocycles. The van der Waals surface area contributed by atoms with Crippen molar-refractivity contribution >= 4 is 46.3 Å². The van der Waals surface area contributed by atoms with Gasteiger partial charge >= 0.3 is 23.8 Å². The van der Waals surface area contributed by atoms with Gasteiger partial charge < -0.3 is 14.8 Å². The van der Waals surface area contributed by atoms with E-state index in [-0.39, 0.29) is 6.61 Å². The summed E-state index contributed by atoms with van der Waals surface area (Å²) in [6, 6.07) is 6.34. The van der Waals surface area contributed by atoms with E-state index in [1.807, 2.05) is 0 Å². The van der Waals surface area contributed by atoms with E-state index in [2.05, 4.69) is 27.5 Å². The second-order valence-corrected chi connectivity index (χ2v) is 8.65. The van der Waals surface area contributed by atoms with Crippen LogP contribution in [0.4, 0.5) is 5.00 Å². The number of methoxy groups -OCH3 is 1. The summed E-state index contributed by atoms with van der Waals surface area (Å²) in [6.45, 7) is 4.06. The lowest BCUT2D eigenvalue weighted by Crippen LogP contribution is -2.32. The number of rotatable bonds is 6. The standard InChI is InChI=1S/C23H25N3O6S/c1-4-32-23(30)18-16-10-5-13(2)11-17(16)33-21(18)25-19(27)20(28)26-24-12-14-6-8-15(9-7-14)22(29)31-3/h6-9,12-13H,4-5,10-11H2,1-3H3,(H,25,27)(H,26,28)/b24-12+. The summed E-state index contributed by atoms with van der Waals surface area (Å²) in [5, 5.41) is 6.62. The molecule has 3 rings (SSSR count). The summed E-state index contributed by atoms with van der Waals surface area (Å²) in [6.07, 6.45) is 3.82. The van der Waals surface area contributed by atoms with Gasteiger partial charge in [0.1, 0.15) is 5.00 Å². The van der Waals surface area contributed by atoms with E-state index in [9.17, 15) is 19.2 Å². The number of carbonyl (C=O) groups is 4. The molecule has 0 bridgehead atoms. The van der Waals surface area contributed by atoms with Crippen molar-refractivity contribution in [2.45, 2.75) is 33.1 Å². The van der Waals surface area contributed by atoms with Crippen LogP contribution in [0.3, 0.4) is 0 Å². The van der Waals surface area contributed by atoms with Crippen molar-refractivity contribution < 1.29 is 28.7 Å². The number of benzene rings is 1. The van der Waals surface area contributed by atoms with E-state index in [4.69, 9.17) is 4.74 Å². The summed E-state index contributed by atoms with van der Waals surface area (Å²) in [7, 11) is 1.29. The number of hydrogen-bond acceptors (Lipinski definition) is 8. The quantitative estimate of drug-likeness (QED) is 0.289. The molecule has 0 radical (unpaired) electrons. The topological polar surface area (TPSA) is 123 Å². The molecule has 2 aromatic rings. The zero-order valence-corrected chi connectivity index (χ0v) is 19.4.